The Morgan fingerprint density at radius 2 is 2.22 bits per heavy atom. The Morgan fingerprint density at radius 1 is 1.52 bits per heavy atom. The van der Waals surface area contributed by atoms with Gasteiger partial charge >= 0.3 is 0 Å². The van der Waals surface area contributed by atoms with Crippen molar-refractivity contribution < 1.29 is 13.0 Å². The number of halogens is 2. The highest BCUT2D eigenvalue weighted by Gasteiger charge is 2.33. The molecule has 0 aliphatic heterocycles. The Labute approximate surface area is 136 Å². The van der Waals surface area contributed by atoms with Gasteiger partial charge in [-0.2, -0.15) is 5.10 Å². The van der Waals surface area contributed by atoms with Gasteiger partial charge in [-0.25, -0.2) is 13.0 Å². The van der Waals surface area contributed by atoms with Crippen LogP contribution in [0, 0.1) is 0 Å². The molecule has 1 aromatic heterocycles. The number of nitrogens with two attached hydrogens (primary N) is 1. The number of aryl methyl sites for hydroxylation is 1. The average Bonchev–Trinajstić information content (AvgIpc) is 3.29. The topological polar surface area (TPSA) is 64.2 Å². The lowest BCUT2D eigenvalue weighted by atomic mass is 10.1. The number of anilines is 2. The van der Waals surface area contributed by atoms with E-state index in [4.69, 9.17) is 13.7 Å². The van der Waals surface area contributed by atoms with Crippen molar-refractivity contribution in [2.24, 2.45) is 0 Å². The number of rotatable bonds is 6. The van der Waals surface area contributed by atoms with E-state index in [1.165, 1.54) is 0 Å². The molecule has 1 aromatic carbocycles. The predicted molar refractivity (Wildman–Crippen MR) is 88.9 cm³/mol. The lowest BCUT2D eigenvalue weighted by Crippen LogP contribution is -2.26. The standard InChI is InChI=1S/C14H17BF2N4OS/c1-2-8-3-6-10(18)13-12(8)14(19-20(13)7-11(16)17)21(15)23(22)9-4-5-9/h3,6,9,11H,2,4-5,7,18H2,1H3. The predicted octanol–water partition coefficient (Wildman–Crippen LogP) is 2.16. The van der Waals surface area contributed by atoms with Gasteiger partial charge in [0.15, 0.2) is 5.82 Å². The minimum atomic E-state index is -2.57. The van der Waals surface area contributed by atoms with Gasteiger partial charge in [-0.15, -0.1) is 0 Å². The highest BCUT2D eigenvalue weighted by molar-refractivity contribution is 7.88. The van der Waals surface area contributed by atoms with Crippen molar-refractivity contribution in [3.05, 3.63) is 17.7 Å². The summed E-state index contributed by atoms with van der Waals surface area (Å²) in [6, 6.07) is 3.50. The van der Waals surface area contributed by atoms with Crippen LogP contribution in [-0.2, 0) is 24.0 Å². The molecule has 0 amide bonds. The van der Waals surface area contributed by atoms with Gasteiger partial charge in [0.05, 0.1) is 16.5 Å². The summed E-state index contributed by atoms with van der Waals surface area (Å²) in [7, 11) is 4.57. The van der Waals surface area contributed by atoms with Crippen molar-refractivity contribution >= 4 is 41.4 Å². The fourth-order valence-electron chi connectivity index (χ4n) is 2.62. The van der Waals surface area contributed by atoms with Crippen molar-refractivity contribution in [2.45, 2.75) is 44.4 Å². The molecule has 0 saturated heterocycles. The molecular weight excluding hydrogens is 321 g/mol. The van der Waals surface area contributed by atoms with Gasteiger partial charge in [0.2, 0.25) is 0 Å². The van der Waals surface area contributed by atoms with Crippen LogP contribution in [0.4, 0.5) is 20.3 Å². The van der Waals surface area contributed by atoms with E-state index >= 15 is 0 Å². The van der Waals surface area contributed by atoms with E-state index in [0.717, 1.165) is 27.3 Å². The molecule has 1 aliphatic rings. The fourth-order valence-corrected chi connectivity index (χ4v) is 3.78. The van der Waals surface area contributed by atoms with Crippen LogP contribution < -0.4 is 9.95 Å². The van der Waals surface area contributed by atoms with Crippen LogP contribution in [0.2, 0.25) is 0 Å². The number of alkyl halides is 2. The molecule has 122 valence electrons. The summed E-state index contributed by atoms with van der Waals surface area (Å²) in [6.45, 7) is 1.36. The molecule has 1 atom stereocenters. The minimum Gasteiger partial charge on any atom is -0.397 e. The number of nitrogens with zero attached hydrogens (tertiary/aromatic N) is 3. The first-order valence-corrected chi connectivity index (χ1v) is 8.62. The van der Waals surface area contributed by atoms with Gasteiger partial charge in [0.25, 0.3) is 14.4 Å². The summed E-state index contributed by atoms with van der Waals surface area (Å²) in [5.74, 6) is 0.245. The maximum atomic E-state index is 12.9. The molecule has 1 unspecified atom stereocenters. The number of benzene rings is 1. The van der Waals surface area contributed by atoms with Gasteiger partial charge in [-0.1, -0.05) is 13.0 Å². The maximum absolute atomic E-state index is 12.9. The molecule has 3 rings (SSSR count). The molecule has 9 heteroatoms. The van der Waals surface area contributed by atoms with E-state index in [0.29, 0.717) is 23.0 Å². The zero-order chi connectivity index (χ0) is 16.7. The lowest BCUT2D eigenvalue weighted by molar-refractivity contribution is 0.123. The van der Waals surface area contributed by atoms with Crippen molar-refractivity contribution in [3.8, 4) is 0 Å². The summed E-state index contributed by atoms with van der Waals surface area (Å²) < 4.78 is 40.3. The largest absolute Gasteiger partial charge is 0.397 e. The molecule has 2 aromatic rings. The Bertz CT molecular complexity index is 763. The summed E-state index contributed by atoms with van der Waals surface area (Å²) in [5, 5.41) is 4.81. The number of nitrogen functional groups attached to an aromatic ring is 1. The first-order valence-electron chi connectivity index (χ1n) is 7.45. The van der Waals surface area contributed by atoms with Crippen molar-refractivity contribution in [1.82, 2.24) is 9.78 Å². The van der Waals surface area contributed by atoms with Crippen LogP contribution in [0.1, 0.15) is 25.3 Å². The van der Waals surface area contributed by atoms with Gasteiger partial charge in [0.1, 0.15) is 17.5 Å². The molecule has 1 saturated carbocycles. The smallest absolute Gasteiger partial charge is 0.257 e. The number of fused-ring (bicyclic) bond motifs is 1. The summed E-state index contributed by atoms with van der Waals surface area (Å²) in [5.41, 5.74) is 7.63. The first-order chi connectivity index (χ1) is 10.9. The molecule has 1 aliphatic carbocycles. The quantitative estimate of drug-likeness (QED) is 0.648. The highest BCUT2D eigenvalue weighted by atomic mass is 32.2. The summed E-state index contributed by atoms with van der Waals surface area (Å²) in [4.78, 5) is 0. The van der Waals surface area contributed by atoms with E-state index in [1.807, 2.05) is 13.0 Å². The van der Waals surface area contributed by atoms with Crippen LogP contribution in [0.25, 0.3) is 10.9 Å². The fraction of sp³-hybridized carbons (Fsp3) is 0.500. The van der Waals surface area contributed by atoms with Crippen molar-refractivity contribution in [1.29, 1.82) is 0 Å². The molecule has 0 spiro atoms. The molecule has 1 heterocycles. The van der Waals surface area contributed by atoms with Crippen LogP contribution in [0.5, 0.6) is 0 Å². The monoisotopic (exact) mass is 338 g/mol. The van der Waals surface area contributed by atoms with Crippen LogP contribution in [0.15, 0.2) is 12.1 Å². The van der Waals surface area contributed by atoms with Crippen molar-refractivity contribution in [3.63, 3.8) is 0 Å². The SMILES string of the molecule is [B]N(c1nn(CC(F)F)c2c(N)ccc(CC)c12)S(=O)C1CC1. The Morgan fingerprint density at radius 3 is 2.78 bits per heavy atom. The number of aromatic nitrogens is 2. The van der Waals surface area contributed by atoms with E-state index in [9.17, 15) is 13.0 Å². The van der Waals surface area contributed by atoms with Crippen LogP contribution in [-0.4, -0.2) is 33.6 Å². The van der Waals surface area contributed by atoms with E-state index in [2.05, 4.69) is 5.10 Å². The normalized spacial score (nSPS) is 16.2. The highest BCUT2D eigenvalue weighted by Crippen LogP contribution is 2.36. The average molecular weight is 338 g/mol. The van der Waals surface area contributed by atoms with Gasteiger partial charge in [-0.3, -0.25) is 4.68 Å². The second kappa shape index (κ2) is 6.11. The third-order valence-electron chi connectivity index (χ3n) is 3.90. The maximum Gasteiger partial charge on any atom is 0.257 e. The number of hydrogen-bond donors (Lipinski definition) is 1. The zero-order valence-corrected chi connectivity index (χ0v) is 13.5. The minimum absolute atomic E-state index is 0.0152. The van der Waals surface area contributed by atoms with E-state index < -0.39 is 24.0 Å². The molecule has 0 bridgehead atoms. The Kier molecular flexibility index (Phi) is 4.31. The Balaban J connectivity index is 2.19. The molecule has 1 fully saturated rings. The van der Waals surface area contributed by atoms with E-state index in [1.54, 1.807) is 6.07 Å². The third kappa shape index (κ3) is 2.94. The second-order valence-corrected chi connectivity index (χ2v) is 7.20. The molecule has 2 radical (unpaired) electrons. The van der Waals surface area contributed by atoms with Crippen molar-refractivity contribution in [2.75, 3.05) is 9.95 Å². The molecule has 23 heavy (non-hydrogen) atoms. The summed E-state index contributed by atoms with van der Waals surface area (Å²) >= 11 is 0. The third-order valence-corrected chi connectivity index (χ3v) is 5.50. The first kappa shape index (κ1) is 16.2. The molecule has 5 nitrogen and oxygen atoms in total. The summed E-state index contributed by atoms with van der Waals surface area (Å²) in [6.07, 6.45) is -0.221. The van der Waals surface area contributed by atoms with E-state index in [-0.39, 0.29) is 11.1 Å². The van der Waals surface area contributed by atoms with Gasteiger partial charge in [-0.05, 0) is 30.9 Å². The van der Waals surface area contributed by atoms with Crippen LogP contribution in [0.3, 0.4) is 0 Å². The lowest BCUT2D eigenvalue weighted by Gasteiger charge is -2.17. The zero-order valence-electron chi connectivity index (χ0n) is 12.7. The Hall–Kier alpha value is -1.64. The van der Waals surface area contributed by atoms with Gasteiger partial charge < -0.3 is 9.95 Å². The second-order valence-electron chi connectivity index (χ2n) is 5.59. The van der Waals surface area contributed by atoms with Crippen LogP contribution >= 0.6 is 0 Å². The molecular formula is C14H17BF2N4OS. The van der Waals surface area contributed by atoms with Gasteiger partial charge in [0, 0.05) is 5.39 Å². The number of hydrogen-bond acceptors (Lipinski definition) is 3. The molecule has 2 N–H and O–H groups in total.